The van der Waals surface area contributed by atoms with Crippen molar-refractivity contribution >= 4 is 76.7 Å². The van der Waals surface area contributed by atoms with Crippen LogP contribution in [0.2, 0.25) is 0 Å². The number of benzene rings is 10. The molecule has 0 atom stereocenters. The molecule has 0 aliphatic rings. The van der Waals surface area contributed by atoms with Crippen molar-refractivity contribution in [3.8, 4) is 55.6 Å². The van der Waals surface area contributed by atoms with E-state index >= 15 is 0 Å². The molecule has 14 rings (SSSR count). The molecule has 0 aliphatic carbocycles. The number of imidazole rings is 2. The minimum Gasteiger partial charge on any atom is -0.292 e. The molecule has 0 N–H and O–H groups in total. The number of hydrogen-bond donors (Lipinski definition) is 0. The van der Waals surface area contributed by atoms with E-state index in [4.69, 9.17) is 9.97 Å². The molecule has 312 valence electrons. The molecule has 0 fully saturated rings. The molecule has 14 aromatic rings. The van der Waals surface area contributed by atoms with Gasteiger partial charge in [0.15, 0.2) is 0 Å². The smallest absolute Gasteiger partial charge is 0.146 e. The lowest BCUT2D eigenvalue weighted by Crippen LogP contribution is -1.94. The molecule has 4 heteroatoms. The van der Waals surface area contributed by atoms with Gasteiger partial charge in [-0.25, -0.2) is 9.97 Å². The molecule has 0 bridgehead atoms. The molecule has 4 heterocycles. The number of pyridine rings is 2. The first-order valence-corrected chi connectivity index (χ1v) is 23.0. The van der Waals surface area contributed by atoms with Gasteiger partial charge in [0.2, 0.25) is 0 Å². The van der Waals surface area contributed by atoms with E-state index in [9.17, 15) is 0 Å². The monoisotopic (exact) mass is 852 g/mol. The molecular formula is C63H40N4. The number of aromatic nitrogens is 4. The summed E-state index contributed by atoms with van der Waals surface area (Å²) < 4.78 is 4.63. The number of nitrogens with zero attached hydrogens (tertiary/aromatic N) is 4. The molecule has 4 aromatic heterocycles. The normalized spacial score (nSPS) is 12.0. The van der Waals surface area contributed by atoms with Gasteiger partial charge in [-0.05, 0) is 158 Å². The molecule has 0 aliphatic heterocycles. The van der Waals surface area contributed by atoms with Crippen LogP contribution in [0, 0.1) is 6.92 Å². The first-order valence-electron chi connectivity index (χ1n) is 23.0. The molecule has 0 radical (unpaired) electrons. The summed E-state index contributed by atoms with van der Waals surface area (Å²) in [6.07, 6.45) is 0. The number of hydrogen-bond acceptors (Lipinski definition) is 2. The van der Waals surface area contributed by atoms with Gasteiger partial charge in [0.1, 0.15) is 11.3 Å². The topological polar surface area (TPSA) is 34.6 Å². The highest BCUT2D eigenvalue weighted by Gasteiger charge is 2.19. The molecule has 0 amide bonds. The maximum Gasteiger partial charge on any atom is 0.146 e. The number of fused-ring (bicyclic) bond motifs is 16. The minimum absolute atomic E-state index is 0.979. The Hall–Kier alpha value is -8.86. The van der Waals surface area contributed by atoms with Crippen molar-refractivity contribution in [2.75, 3.05) is 0 Å². The van der Waals surface area contributed by atoms with Gasteiger partial charge in [0.25, 0.3) is 0 Å². The van der Waals surface area contributed by atoms with Crippen LogP contribution in [0.3, 0.4) is 0 Å². The lowest BCUT2D eigenvalue weighted by atomic mass is 9.86. The number of rotatable bonds is 5. The van der Waals surface area contributed by atoms with Crippen LogP contribution < -0.4 is 0 Å². The largest absolute Gasteiger partial charge is 0.292 e. The third-order valence-electron chi connectivity index (χ3n) is 14.0. The Morgan fingerprint density at radius 3 is 1.09 bits per heavy atom. The highest BCUT2D eigenvalue weighted by atomic mass is 15.0. The van der Waals surface area contributed by atoms with Crippen molar-refractivity contribution in [2.45, 2.75) is 6.92 Å². The van der Waals surface area contributed by atoms with Crippen LogP contribution in [0.5, 0.6) is 0 Å². The molecule has 4 nitrogen and oxygen atoms in total. The first-order chi connectivity index (χ1) is 33.1. The SMILES string of the molecule is Cc1ccccc1-c1cc(-c2ccccc2-c2ccc3c(c2)c2ccccc2n2c4ccccc4nc32)cc(-c2ccccc2-c2ccc3c(c2)c2ccccc2n2c4ccccc4nc32)c1. The fraction of sp³-hybridized carbons (Fsp3) is 0.0159. The summed E-state index contributed by atoms with van der Waals surface area (Å²) in [6.45, 7) is 2.21. The first kappa shape index (κ1) is 37.5. The van der Waals surface area contributed by atoms with E-state index in [1.165, 1.54) is 82.7 Å². The average molecular weight is 853 g/mol. The zero-order valence-corrected chi connectivity index (χ0v) is 36.7. The second kappa shape index (κ2) is 14.6. The van der Waals surface area contributed by atoms with Crippen molar-refractivity contribution in [3.05, 3.63) is 230 Å². The zero-order valence-electron chi connectivity index (χ0n) is 36.7. The van der Waals surface area contributed by atoms with Crippen molar-refractivity contribution in [3.63, 3.8) is 0 Å². The lowest BCUT2D eigenvalue weighted by molar-refractivity contribution is 1.31. The standard InChI is InChI=1S/C63H40N4/c1-39-16-2-3-17-45(39)42-34-43(48-20-6-4-18-46(48)40-30-32-52-54(37-40)50-22-8-12-26-58(50)66-60-28-14-10-24-56(60)64-62(52)66)36-44(35-42)49-21-7-5-19-47(49)41-31-33-53-55(38-41)51-23-9-13-27-59(51)67-61-29-15-11-25-57(61)65-63(53)67/h2-38H,1H3. The van der Waals surface area contributed by atoms with Gasteiger partial charge in [-0.2, -0.15) is 0 Å². The predicted octanol–water partition coefficient (Wildman–Crippen LogP) is 16.5. The van der Waals surface area contributed by atoms with E-state index in [0.717, 1.165) is 55.2 Å². The van der Waals surface area contributed by atoms with Gasteiger partial charge in [-0.3, -0.25) is 8.80 Å². The molecular weight excluding hydrogens is 813 g/mol. The summed E-state index contributed by atoms with van der Waals surface area (Å²) in [5, 5.41) is 7.08. The van der Waals surface area contributed by atoms with E-state index in [-0.39, 0.29) is 0 Å². The Kier molecular flexibility index (Phi) is 8.16. The summed E-state index contributed by atoms with van der Waals surface area (Å²) >= 11 is 0. The van der Waals surface area contributed by atoms with Crippen LogP contribution in [-0.4, -0.2) is 18.8 Å². The average Bonchev–Trinajstić information content (AvgIpc) is 3.99. The van der Waals surface area contributed by atoms with Crippen molar-refractivity contribution in [1.82, 2.24) is 18.8 Å². The fourth-order valence-corrected chi connectivity index (χ4v) is 10.9. The number of aryl methyl sites for hydroxylation is 1. The third-order valence-corrected chi connectivity index (χ3v) is 14.0. The summed E-state index contributed by atoms with van der Waals surface area (Å²) in [5.74, 6) is 0. The van der Waals surface area contributed by atoms with E-state index in [1.807, 2.05) is 0 Å². The maximum atomic E-state index is 5.18. The lowest BCUT2D eigenvalue weighted by Gasteiger charge is -2.18. The van der Waals surface area contributed by atoms with Gasteiger partial charge >= 0.3 is 0 Å². The molecule has 0 spiro atoms. The van der Waals surface area contributed by atoms with Crippen molar-refractivity contribution in [1.29, 1.82) is 0 Å². The van der Waals surface area contributed by atoms with E-state index in [0.29, 0.717) is 0 Å². The van der Waals surface area contributed by atoms with Gasteiger partial charge in [-0.1, -0.05) is 146 Å². The zero-order chi connectivity index (χ0) is 44.2. The van der Waals surface area contributed by atoms with Gasteiger partial charge in [-0.15, -0.1) is 0 Å². The van der Waals surface area contributed by atoms with Crippen LogP contribution >= 0.6 is 0 Å². The Labute approximate surface area is 386 Å². The van der Waals surface area contributed by atoms with E-state index < -0.39 is 0 Å². The maximum absolute atomic E-state index is 5.18. The van der Waals surface area contributed by atoms with Gasteiger partial charge < -0.3 is 0 Å². The minimum atomic E-state index is 0.979. The van der Waals surface area contributed by atoms with Crippen molar-refractivity contribution < 1.29 is 0 Å². The fourth-order valence-electron chi connectivity index (χ4n) is 10.9. The number of para-hydroxylation sites is 6. The Bertz CT molecular complexity index is 4110. The highest BCUT2D eigenvalue weighted by molar-refractivity contribution is 6.16. The third kappa shape index (κ3) is 5.73. The Balaban J connectivity index is 0.967. The molecule has 67 heavy (non-hydrogen) atoms. The van der Waals surface area contributed by atoms with Crippen LogP contribution in [0.4, 0.5) is 0 Å². The van der Waals surface area contributed by atoms with Crippen LogP contribution in [0.25, 0.3) is 132 Å². The second-order valence-corrected chi connectivity index (χ2v) is 17.8. The van der Waals surface area contributed by atoms with Crippen LogP contribution in [0.1, 0.15) is 5.56 Å². The quantitative estimate of drug-likeness (QED) is 0.162. The van der Waals surface area contributed by atoms with Crippen LogP contribution in [0.15, 0.2) is 224 Å². The summed E-state index contributed by atoms with van der Waals surface area (Å²) in [6, 6.07) is 81.8. The summed E-state index contributed by atoms with van der Waals surface area (Å²) in [7, 11) is 0. The van der Waals surface area contributed by atoms with Gasteiger partial charge in [0, 0.05) is 21.5 Å². The Morgan fingerprint density at radius 2 is 0.627 bits per heavy atom. The molecule has 0 unspecified atom stereocenters. The molecule has 10 aromatic carbocycles. The van der Waals surface area contributed by atoms with Crippen LogP contribution in [-0.2, 0) is 0 Å². The highest BCUT2D eigenvalue weighted by Crippen LogP contribution is 2.43. The Morgan fingerprint density at radius 1 is 0.269 bits per heavy atom. The predicted molar refractivity (Wildman–Crippen MR) is 281 cm³/mol. The summed E-state index contributed by atoms with van der Waals surface area (Å²) in [4.78, 5) is 10.4. The van der Waals surface area contributed by atoms with E-state index in [1.54, 1.807) is 0 Å². The van der Waals surface area contributed by atoms with Gasteiger partial charge in [0.05, 0.1) is 33.1 Å². The molecule has 0 saturated heterocycles. The van der Waals surface area contributed by atoms with E-state index in [2.05, 4.69) is 240 Å². The van der Waals surface area contributed by atoms with Crippen molar-refractivity contribution in [2.24, 2.45) is 0 Å². The second-order valence-electron chi connectivity index (χ2n) is 17.8. The summed E-state index contributed by atoms with van der Waals surface area (Å²) in [5.41, 5.74) is 21.6. The molecule has 0 saturated carbocycles.